The number of H-pyrrole nitrogens is 1. The first-order valence-electron chi connectivity index (χ1n) is 3.89. The molecule has 1 N–H and O–H groups in total. The smallest absolute Gasteiger partial charge is 0.179 e. The lowest BCUT2D eigenvalue weighted by atomic mass is 10.1. The SMILES string of the molecule is CCC(C)c1[nH]cnc(=S)c1F. The minimum Gasteiger partial charge on any atom is -0.347 e. The second-order valence-corrected chi connectivity index (χ2v) is 3.13. The average Bonchev–Trinajstić information content (AvgIpc) is 2.08. The molecule has 66 valence electrons. The summed E-state index contributed by atoms with van der Waals surface area (Å²) in [4.78, 5) is 6.42. The Kier molecular flexibility index (Phi) is 2.92. The van der Waals surface area contributed by atoms with Crippen molar-refractivity contribution in [3.8, 4) is 0 Å². The maximum atomic E-state index is 13.2. The van der Waals surface area contributed by atoms with E-state index in [4.69, 9.17) is 12.2 Å². The molecule has 0 aliphatic carbocycles. The predicted molar refractivity (Wildman–Crippen MR) is 48.1 cm³/mol. The van der Waals surface area contributed by atoms with Crippen LogP contribution < -0.4 is 0 Å². The summed E-state index contributed by atoms with van der Waals surface area (Å²) in [7, 11) is 0. The second-order valence-electron chi connectivity index (χ2n) is 2.74. The van der Waals surface area contributed by atoms with Crippen molar-refractivity contribution >= 4 is 12.2 Å². The van der Waals surface area contributed by atoms with Crippen LogP contribution in [0.1, 0.15) is 31.9 Å². The van der Waals surface area contributed by atoms with E-state index in [2.05, 4.69) is 9.97 Å². The predicted octanol–water partition coefficient (Wildman–Crippen LogP) is 2.79. The molecule has 0 bridgehead atoms. The van der Waals surface area contributed by atoms with Gasteiger partial charge in [0.1, 0.15) is 0 Å². The van der Waals surface area contributed by atoms with Gasteiger partial charge in [0, 0.05) is 0 Å². The van der Waals surface area contributed by atoms with Crippen molar-refractivity contribution in [3.63, 3.8) is 0 Å². The summed E-state index contributed by atoms with van der Waals surface area (Å²) in [6.07, 6.45) is 2.32. The molecule has 1 aromatic heterocycles. The first kappa shape index (κ1) is 9.32. The summed E-state index contributed by atoms with van der Waals surface area (Å²) in [6.45, 7) is 3.95. The highest BCUT2D eigenvalue weighted by molar-refractivity contribution is 7.71. The Balaban J connectivity index is 3.16. The fourth-order valence-corrected chi connectivity index (χ4v) is 1.12. The van der Waals surface area contributed by atoms with Crippen molar-refractivity contribution in [1.29, 1.82) is 0 Å². The molecule has 2 nitrogen and oxygen atoms in total. The number of aromatic amines is 1. The van der Waals surface area contributed by atoms with Gasteiger partial charge in [0.25, 0.3) is 0 Å². The molecule has 1 aromatic rings. The zero-order chi connectivity index (χ0) is 9.14. The van der Waals surface area contributed by atoms with Crippen LogP contribution in [0.2, 0.25) is 0 Å². The third-order valence-electron chi connectivity index (χ3n) is 1.93. The third-order valence-corrected chi connectivity index (χ3v) is 2.22. The molecule has 0 radical (unpaired) electrons. The molecule has 12 heavy (non-hydrogen) atoms. The van der Waals surface area contributed by atoms with Crippen LogP contribution in [0, 0.1) is 10.5 Å². The summed E-state index contributed by atoms with van der Waals surface area (Å²) in [5.41, 5.74) is 0.553. The largest absolute Gasteiger partial charge is 0.347 e. The van der Waals surface area contributed by atoms with E-state index < -0.39 is 0 Å². The molecule has 0 fully saturated rings. The first-order valence-corrected chi connectivity index (χ1v) is 4.30. The van der Waals surface area contributed by atoms with Crippen LogP contribution in [0.3, 0.4) is 0 Å². The van der Waals surface area contributed by atoms with Crippen molar-refractivity contribution in [3.05, 3.63) is 22.5 Å². The van der Waals surface area contributed by atoms with Gasteiger partial charge in [-0.1, -0.05) is 26.1 Å². The van der Waals surface area contributed by atoms with Crippen LogP contribution in [0.5, 0.6) is 0 Å². The van der Waals surface area contributed by atoms with Crippen molar-refractivity contribution in [1.82, 2.24) is 9.97 Å². The number of hydrogen-bond donors (Lipinski definition) is 1. The lowest BCUT2D eigenvalue weighted by Gasteiger charge is -2.08. The van der Waals surface area contributed by atoms with Crippen LogP contribution in [-0.4, -0.2) is 9.97 Å². The number of nitrogens with one attached hydrogen (secondary N) is 1. The molecule has 1 rings (SSSR count). The molecular formula is C8H11FN2S. The number of halogens is 1. The molecule has 0 spiro atoms. The topological polar surface area (TPSA) is 28.7 Å². The molecule has 0 saturated carbocycles. The number of nitrogens with zero attached hydrogens (tertiary/aromatic N) is 1. The van der Waals surface area contributed by atoms with Crippen LogP contribution >= 0.6 is 12.2 Å². The van der Waals surface area contributed by atoms with E-state index in [1.807, 2.05) is 13.8 Å². The molecule has 1 heterocycles. The summed E-state index contributed by atoms with van der Waals surface area (Å²) < 4.78 is 13.3. The maximum Gasteiger partial charge on any atom is 0.179 e. The molecule has 1 atom stereocenters. The number of hydrogen-bond acceptors (Lipinski definition) is 2. The van der Waals surface area contributed by atoms with Gasteiger partial charge >= 0.3 is 0 Å². The van der Waals surface area contributed by atoms with Gasteiger partial charge in [-0.25, -0.2) is 9.37 Å². The fraction of sp³-hybridized carbons (Fsp3) is 0.500. The Morgan fingerprint density at radius 2 is 2.42 bits per heavy atom. The summed E-state index contributed by atoms with van der Waals surface area (Å²) >= 11 is 4.70. The van der Waals surface area contributed by atoms with Crippen LogP contribution in [0.4, 0.5) is 4.39 Å². The minimum atomic E-state index is -0.387. The Labute approximate surface area is 75.9 Å². The van der Waals surface area contributed by atoms with Crippen molar-refractivity contribution in [2.45, 2.75) is 26.2 Å². The van der Waals surface area contributed by atoms with Gasteiger partial charge < -0.3 is 4.98 Å². The van der Waals surface area contributed by atoms with E-state index in [9.17, 15) is 4.39 Å². The zero-order valence-electron chi connectivity index (χ0n) is 7.10. The Morgan fingerprint density at radius 3 is 3.00 bits per heavy atom. The van der Waals surface area contributed by atoms with E-state index >= 15 is 0 Å². The first-order chi connectivity index (χ1) is 5.66. The van der Waals surface area contributed by atoms with Gasteiger partial charge in [-0.2, -0.15) is 0 Å². The van der Waals surface area contributed by atoms with Crippen LogP contribution in [0.15, 0.2) is 6.33 Å². The molecule has 0 aliphatic heterocycles. The fourth-order valence-electron chi connectivity index (χ4n) is 0.958. The lowest BCUT2D eigenvalue weighted by molar-refractivity contribution is 0.556. The van der Waals surface area contributed by atoms with Gasteiger partial charge in [0.15, 0.2) is 10.5 Å². The quantitative estimate of drug-likeness (QED) is 0.719. The maximum absolute atomic E-state index is 13.2. The van der Waals surface area contributed by atoms with E-state index in [1.165, 1.54) is 6.33 Å². The summed E-state index contributed by atoms with van der Waals surface area (Å²) in [5, 5.41) is 0. The molecule has 4 heteroatoms. The van der Waals surface area contributed by atoms with Crippen molar-refractivity contribution < 1.29 is 4.39 Å². The summed E-state index contributed by atoms with van der Waals surface area (Å²) in [5.74, 6) is -0.225. The zero-order valence-corrected chi connectivity index (χ0v) is 7.91. The highest BCUT2D eigenvalue weighted by atomic mass is 32.1. The van der Waals surface area contributed by atoms with Crippen LogP contribution in [0.25, 0.3) is 0 Å². The van der Waals surface area contributed by atoms with Crippen molar-refractivity contribution in [2.75, 3.05) is 0 Å². The van der Waals surface area contributed by atoms with Gasteiger partial charge in [-0.15, -0.1) is 0 Å². The standard InChI is InChI=1S/C8H11FN2S/c1-3-5(2)7-6(9)8(12)11-4-10-7/h4-5H,3H2,1-2H3,(H,10,11,12). The monoisotopic (exact) mass is 186 g/mol. The van der Waals surface area contributed by atoms with E-state index in [-0.39, 0.29) is 16.4 Å². The van der Waals surface area contributed by atoms with Gasteiger partial charge in [0.05, 0.1) is 12.0 Å². The third kappa shape index (κ3) is 1.69. The second kappa shape index (κ2) is 3.76. The number of aromatic nitrogens is 2. The van der Waals surface area contributed by atoms with E-state index in [1.54, 1.807) is 0 Å². The van der Waals surface area contributed by atoms with Crippen molar-refractivity contribution in [2.24, 2.45) is 0 Å². The molecular weight excluding hydrogens is 175 g/mol. The molecule has 0 aromatic carbocycles. The highest BCUT2D eigenvalue weighted by Gasteiger charge is 2.10. The Bertz CT molecular complexity index is 321. The average molecular weight is 186 g/mol. The van der Waals surface area contributed by atoms with E-state index in [0.29, 0.717) is 5.69 Å². The molecule has 1 unspecified atom stereocenters. The van der Waals surface area contributed by atoms with Gasteiger partial charge in [-0.05, 0) is 12.3 Å². The normalized spacial score (nSPS) is 12.9. The van der Waals surface area contributed by atoms with Crippen LogP contribution in [-0.2, 0) is 0 Å². The minimum absolute atomic E-state index is 0.0454. The Morgan fingerprint density at radius 1 is 1.75 bits per heavy atom. The molecule has 0 amide bonds. The molecule has 0 aliphatic rings. The van der Waals surface area contributed by atoms with Gasteiger partial charge in [0.2, 0.25) is 0 Å². The highest BCUT2D eigenvalue weighted by Crippen LogP contribution is 2.18. The molecule has 0 saturated heterocycles. The van der Waals surface area contributed by atoms with Gasteiger partial charge in [-0.3, -0.25) is 0 Å². The summed E-state index contributed by atoms with van der Waals surface area (Å²) in [6, 6.07) is 0. The lowest BCUT2D eigenvalue weighted by Crippen LogP contribution is -2.01. The number of rotatable bonds is 2. The Hall–Kier alpha value is -0.770. The van der Waals surface area contributed by atoms with E-state index in [0.717, 1.165) is 6.42 Å².